The van der Waals surface area contributed by atoms with Crippen LogP contribution in [0.5, 0.6) is 0 Å². The largest absolute Gasteiger partial charge is 0.397 e. The van der Waals surface area contributed by atoms with Crippen molar-refractivity contribution in [2.24, 2.45) is 0 Å². The van der Waals surface area contributed by atoms with Gasteiger partial charge in [-0.3, -0.25) is 0 Å². The Labute approximate surface area is 173 Å². The predicted octanol–water partition coefficient (Wildman–Crippen LogP) is 7.83. The van der Waals surface area contributed by atoms with Crippen molar-refractivity contribution in [3.8, 4) is 0 Å². The third-order valence-corrected chi connectivity index (χ3v) is 5.70. The molecule has 0 heterocycles. The zero-order valence-corrected chi connectivity index (χ0v) is 17.2. The van der Waals surface area contributed by atoms with Gasteiger partial charge in [-0.1, -0.05) is 75.1 Å². The van der Waals surface area contributed by atoms with Crippen LogP contribution in [-0.4, -0.2) is 0 Å². The molecule has 0 aromatic heterocycles. The van der Waals surface area contributed by atoms with E-state index in [-0.39, 0.29) is 0 Å². The van der Waals surface area contributed by atoms with E-state index < -0.39 is 0 Å². The van der Waals surface area contributed by atoms with Crippen molar-refractivity contribution >= 4 is 38.6 Å². The molecule has 2 nitrogen and oxygen atoms in total. The van der Waals surface area contributed by atoms with Crippen LogP contribution >= 0.6 is 0 Å². The lowest BCUT2D eigenvalue weighted by molar-refractivity contribution is 0.632. The first-order valence-corrected chi connectivity index (χ1v) is 10.8. The van der Waals surface area contributed by atoms with E-state index in [2.05, 4.69) is 79.0 Å². The summed E-state index contributed by atoms with van der Waals surface area (Å²) in [7, 11) is 0. The minimum Gasteiger partial charge on any atom is -0.397 e. The van der Waals surface area contributed by atoms with Crippen LogP contribution in [0.3, 0.4) is 0 Å². The van der Waals surface area contributed by atoms with Gasteiger partial charge < -0.3 is 11.1 Å². The molecule has 0 radical (unpaired) electrons. The summed E-state index contributed by atoms with van der Waals surface area (Å²) < 4.78 is 0. The molecule has 0 saturated heterocycles. The lowest BCUT2D eigenvalue weighted by atomic mass is 10.0. The highest BCUT2D eigenvalue weighted by molar-refractivity contribution is 6.04. The first-order chi connectivity index (χ1) is 14.2. The molecule has 4 aromatic carbocycles. The van der Waals surface area contributed by atoms with E-state index in [0.29, 0.717) is 0 Å². The minimum atomic E-state index is 0.789. The molecule has 148 valence electrons. The second-order valence-electron chi connectivity index (χ2n) is 7.94. The Hall–Kier alpha value is -3.00. The second kappa shape index (κ2) is 9.00. The molecule has 2 heteroatoms. The number of nitrogen functional groups attached to an aromatic ring is 1. The number of unbranched alkanes of at least 4 members (excludes halogenated alkanes) is 4. The second-order valence-corrected chi connectivity index (χ2v) is 7.94. The van der Waals surface area contributed by atoms with E-state index in [9.17, 15) is 0 Å². The summed E-state index contributed by atoms with van der Waals surface area (Å²) in [6.45, 7) is 2.26. The summed E-state index contributed by atoms with van der Waals surface area (Å²) in [4.78, 5) is 0. The maximum Gasteiger partial charge on any atom is 0.0620 e. The van der Waals surface area contributed by atoms with E-state index >= 15 is 0 Å². The van der Waals surface area contributed by atoms with Crippen molar-refractivity contribution < 1.29 is 0 Å². The van der Waals surface area contributed by atoms with Gasteiger partial charge in [-0.15, -0.1) is 0 Å². The molecule has 0 aliphatic rings. The fourth-order valence-electron chi connectivity index (χ4n) is 4.02. The summed E-state index contributed by atoms with van der Waals surface area (Å²) >= 11 is 0. The summed E-state index contributed by atoms with van der Waals surface area (Å²) in [6, 6.07) is 25.8. The number of hydrogen-bond donors (Lipinski definition) is 2. The molecular weight excluding hydrogens is 352 g/mol. The van der Waals surface area contributed by atoms with Crippen molar-refractivity contribution in [1.82, 2.24) is 0 Å². The average Bonchev–Trinajstić information content (AvgIpc) is 2.74. The quantitative estimate of drug-likeness (QED) is 0.185. The van der Waals surface area contributed by atoms with Crippen molar-refractivity contribution in [3.63, 3.8) is 0 Å². The normalized spacial score (nSPS) is 11.2. The number of anilines is 3. The minimum absolute atomic E-state index is 0.789. The number of aryl methyl sites for hydroxylation is 1. The number of benzene rings is 4. The summed E-state index contributed by atoms with van der Waals surface area (Å²) in [6.07, 6.45) is 7.61. The van der Waals surface area contributed by atoms with Gasteiger partial charge in [0.15, 0.2) is 0 Å². The van der Waals surface area contributed by atoms with Crippen molar-refractivity contribution in [1.29, 1.82) is 0 Å². The maximum atomic E-state index is 6.30. The molecule has 4 aromatic rings. The van der Waals surface area contributed by atoms with Crippen LogP contribution in [0.15, 0.2) is 72.8 Å². The average molecular weight is 383 g/mol. The van der Waals surface area contributed by atoms with Crippen LogP contribution < -0.4 is 11.1 Å². The molecule has 0 aliphatic heterocycles. The van der Waals surface area contributed by atoms with E-state index in [1.165, 1.54) is 59.2 Å². The lowest BCUT2D eigenvalue weighted by Gasteiger charge is -2.14. The van der Waals surface area contributed by atoms with Crippen LogP contribution in [-0.2, 0) is 6.42 Å². The molecule has 0 fully saturated rings. The number of nitrogens with two attached hydrogens (primary N) is 1. The van der Waals surface area contributed by atoms with Gasteiger partial charge in [-0.25, -0.2) is 0 Å². The van der Waals surface area contributed by atoms with Crippen LogP contribution in [0, 0.1) is 0 Å². The number of fused-ring (bicyclic) bond motifs is 2. The molecule has 0 saturated carbocycles. The van der Waals surface area contributed by atoms with E-state index in [1.54, 1.807) is 0 Å². The molecule has 29 heavy (non-hydrogen) atoms. The van der Waals surface area contributed by atoms with Gasteiger partial charge in [0.05, 0.1) is 11.4 Å². The topological polar surface area (TPSA) is 38.0 Å². The number of nitrogens with one attached hydrogen (secondary N) is 1. The monoisotopic (exact) mass is 382 g/mol. The molecule has 0 aliphatic carbocycles. The summed E-state index contributed by atoms with van der Waals surface area (Å²) in [5, 5.41) is 8.58. The smallest absolute Gasteiger partial charge is 0.0620 e. The standard InChI is InChI=1S/C27H30N2/c1-2-3-4-5-6-10-20-15-16-25(28)27(17-20)29-26-14-9-13-23-18-21-11-7-8-12-22(21)19-24(23)26/h7-9,11-19,29H,2-6,10,28H2,1H3. The zero-order chi connectivity index (χ0) is 20.1. The van der Waals surface area contributed by atoms with Gasteiger partial charge in [0, 0.05) is 11.1 Å². The highest BCUT2D eigenvalue weighted by Crippen LogP contribution is 2.32. The van der Waals surface area contributed by atoms with E-state index in [0.717, 1.165) is 23.5 Å². The fourth-order valence-corrected chi connectivity index (χ4v) is 4.02. The molecule has 3 N–H and O–H groups in total. The van der Waals surface area contributed by atoms with Crippen molar-refractivity contribution in [3.05, 3.63) is 78.4 Å². The zero-order valence-electron chi connectivity index (χ0n) is 17.2. The molecule has 0 atom stereocenters. The molecule has 0 bridgehead atoms. The van der Waals surface area contributed by atoms with Crippen molar-refractivity contribution in [2.45, 2.75) is 45.4 Å². The Morgan fingerprint density at radius 1 is 0.690 bits per heavy atom. The first kappa shape index (κ1) is 19.3. The van der Waals surface area contributed by atoms with E-state index in [1.807, 2.05) is 6.07 Å². The fraction of sp³-hybridized carbons (Fsp3) is 0.259. The lowest BCUT2D eigenvalue weighted by Crippen LogP contribution is -1.99. The van der Waals surface area contributed by atoms with Crippen molar-refractivity contribution in [2.75, 3.05) is 11.1 Å². The van der Waals surface area contributed by atoms with Crippen LogP contribution in [0.1, 0.15) is 44.6 Å². The maximum absolute atomic E-state index is 6.30. The highest BCUT2D eigenvalue weighted by Gasteiger charge is 2.07. The number of rotatable bonds is 8. The Morgan fingerprint density at radius 3 is 2.28 bits per heavy atom. The Balaban J connectivity index is 1.59. The van der Waals surface area contributed by atoms with Gasteiger partial charge >= 0.3 is 0 Å². The SMILES string of the molecule is CCCCCCCc1ccc(N)c(Nc2cccc3cc4ccccc4cc23)c1. The van der Waals surface area contributed by atoms with E-state index in [4.69, 9.17) is 5.73 Å². The number of hydrogen-bond acceptors (Lipinski definition) is 2. The summed E-state index contributed by atoms with van der Waals surface area (Å²) in [5.41, 5.74) is 10.5. The molecule has 0 unspecified atom stereocenters. The van der Waals surface area contributed by atoms with Crippen LogP contribution in [0.4, 0.5) is 17.1 Å². The highest BCUT2D eigenvalue weighted by atomic mass is 14.9. The molecule has 4 rings (SSSR count). The molecule has 0 spiro atoms. The van der Waals surface area contributed by atoms with Gasteiger partial charge in [-0.05, 0) is 64.9 Å². The van der Waals surface area contributed by atoms with Gasteiger partial charge in [0.2, 0.25) is 0 Å². The van der Waals surface area contributed by atoms with Gasteiger partial charge in [0.25, 0.3) is 0 Å². The predicted molar refractivity (Wildman–Crippen MR) is 128 cm³/mol. The summed E-state index contributed by atoms with van der Waals surface area (Å²) in [5.74, 6) is 0. The third kappa shape index (κ3) is 4.54. The van der Waals surface area contributed by atoms with Crippen LogP contribution in [0.25, 0.3) is 21.5 Å². The van der Waals surface area contributed by atoms with Crippen LogP contribution in [0.2, 0.25) is 0 Å². The van der Waals surface area contributed by atoms with Gasteiger partial charge in [-0.2, -0.15) is 0 Å². The Morgan fingerprint density at radius 2 is 1.45 bits per heavy atom. The molecule has 0 amide bonds. The molecular formula is C27H30N2. The third-order valence-electron chi connectivity index (χ3n) is 5.70. The first-order valence-electron chi connectivity index (χ1n) is 10.8. The Bertz CT molecular complexity index is 1110. The Kier molecular flexibility index (Phi) is 6.00. The van der Waals surface area contributed by atoms with Gasteiger partial charge in [0.1, 0.15) is 0 Å².